The SMILES string of the molecule is CCNCc1c(OCc2ccc(Cl)cc2)ccc2ccccc12.Cl. The lowest BCUT2D eigenvalue weighted by molar-refractivity contribution is 0.303. The third-order valence-corrected chi connectivity index (χ3v) is 4.11. The fourth-order valence-corrected chi connectivity index (χ4v) is 2.75. The molecule has 3 aromatic rings. The number of ether oxygens (including phenoxy) is 1. The fraction of sp³-hybridized carbons (Fsp3) is 0.200. The van der Waals surface area contributed by atoms with Crippen molar-refractivity contribution in [1.82, 2.24) is 5.32 Å². The lowest BCUT2D eigenvalue weighted by atomic mass is 10.0. The molecule has 0 atom stereocenters. The van der Waals surface area contributed by atoms with E-state index < -0.39 is 0 Å². The zero-order chi connectivity index (χ0) is 16.1. The van der Waals surface area contributed by atoms with E-state index >= 15 is 0 Å². The van der Waals surface area contributed by atoms with Gasteiger partial charge in [0.05, 0.1) is 0 Å². The van der Waals surface area contributed by atoms with Gasteiger partial charge in [-0.25, -0.2) is 0 Å². The average molecular weight is 362 g/mol. The second kappa shape index (κ2) is 8.93. The smallest absolute Gasteiger partial charge is 0.124 e. The number of hydrogen-bond donors (Lipinski definition) is 1. The minimum atomic E-state index is 0. The van der Waals surface area contributed by atoms with Crippen molar-refractivity contribution in [2.24, 2.45) is 0 Å². The molecule has 24 heavy (non-hydrogen) atoms. The zero-order valence-electron chi connectivity index (χ0n) is 13.6. The lowest BCUT2D eigenvalue weighted by Gasteiger charge is -2.15. The van der Waals surface area contributed by atoms with E-state index in [4.69, 9.17) is 16.3 Å². The summed E-state index contributed by atoms with van der Waals surface area (Å²) in [5.74, 6) is 0.930. The van der Waals surface area contributed by atoms with E-state index in [9.17, 15) is 0 Å². The van der Waals surface area contributed by atoms with Crippen LogP contribution in [0.15, 0.2) is 60.7 Å². The van der Waals surface area contributed by atoms with E-state index in [0.29, 0.717) is 6.61 Å². The average Bonchev–Trinajstić information content (AvgIpc) is 2.59. The summed E-state index contributed by atoms with van der Waals surface area (Å²) in [7, 11) is 0. The minimum absolute atomic E-state index is 0. The standard InChI is InChI=1S/C20H20ClNO.ClH/c1-2-22-13-19-18-6-4-3-5-16(18)9-12-20(19)23-14-15-7-10-17(21)11-8-15;/h3-12,22H,2,13-14H2,1H3;1H. The van der Waals surface area contributed by atoms with Crippen LogP contribution >= 0.6 is 24.0 Å². The first-order chi connectivity index (χ1) is 11.3. The van der Waals surface area contributed by atoms with Crippen molar-refractivity contribution in [2.45, 2.75) is 20.1 Å². The fourth-order valence-electron chi connectivity index (χ4n) is 2.63. The summed E-state index contributed by atoms with van der Waals surface area (Å²) >= 11 is 5.93. The van der Waals surface area contributed by atoms with Crippen molar-refractivity contribution >= 4 is 34.8 Å². The molecule has 0 aliphatic rings. The van der Waals surface area contributed by atoms with Gasteiger partial charge in [0.25, 0.3) is 0 Å². The van der Waals surface area contributed by atoms with Crippen molar-refractivity contribution in [3.8, 4) is 5.75 Å². The largest absolute Gasteiger partial charge is 0.489 e. The predicted molar refractivity (Wildman–Crippen MR) is 104 cm³/mol. The Bertz CT molecular complexity index is 787. The maximum atomic E-state index is 6.09. The van der Waals surface area contributed by atoms with Crippen LogP contribution in [0.5, 0.6) is 5.75 Å². The lowest BCUT2D eigenvalue weighted by Crippen LogP contribution is -2.13. The van der Waals surface area contributed by atoms with Crippen LogP contribution in [0.25, 0.3) is 10.8 Å². The molecule has 0 bridgehead atoms. The summed E-state index contributed by atoms with van der Waals surface area (Å²) < 4.78 is 6.09. The van der Waals surface area contributed by atoms with Gasteiger partial charge in [-0.15, -0.1) is 12.4 Å². The maximum absolute atomic E-state index is 6.09. The molecule has 0 spiro atoms. The number of benzene rings is 3. The molecule has 0 amide bonds. The quantitative estimate of drug-likeness (QED) is 0.616. The molecule has 0 aliphatic carbocycles. The van der Waals surface area contributed by atoms with E-state index in [1.807, 2.05) is 24.3 Å². The highest BCUT2D eigenvalue weighted by Crippen LogP contribution is 2.28. The van der Waals surface area contributed by atoms with Gasteiger partial charge in [0.15, 0.2) is 0 Å². The van der Waals surface area contributed by atoms with E-state index in [1.165, 1.54) is 16.3 Å². The van der Waals surface area contributed by atoms with E-state index in [0.717, 1.165) is 29.4 Å². The van der Waals surface area contributed by atoms with Crippen molar-refractivity contribution < 1.29 is 4.74 Å². The third-order valence-electron chi connectivity index (χ3n) is 3.86. The van der Waals surface area contributed by atoms with E-state index in [2.05, 4.69) is 48.6 Å². The summed E-state index contributed by atoms with van der Waals surface area (Å²) in [6, 6.07) is 20.4. The normalized spacial score (nSPS) is 10.4. The maximum Gasteiger partial charge on any atom is 0.124 e. The molecule has 0 heterocycles. The van der Waals surface area contributed by atoms with Crippen LogP contribution in [0, 0.1) is 0 Å². The number of hydrogen-bond acceptors (Lipinski definition) is 2. The Balaban J connectivity index is 0.00000208. The van der Waals surface area contributed by atoms with Crippen LogP contribution in [0.2, 0.25) is 5.02 Å². The van der Waals surface area contributed by atoms with Gasteiger partial charge in [-0.2, -0.15) is 0 Å². The highest BCUT2D eigenvalue weighted by molar-refractivity contribution is 6.30. The highest BCUT2D eigenvalue weighted by atomic mass is 35.5. The van der Waals surface area contributed by atoms with Crippen LogP contribution < -0.4 is 10.1 Å². The summed E-state index contributed by atoms with van der Waals surface area (Å²) in [5, 5.41) is 6.62. The molecule has 3 rings (SSSR count). The highest BCUT2D eigenvalue weighted by Gasteiger charge is 2.08. The Morgan fingerprint density at radius 2 is 1.71 bits per heavy atom. The Hall–Kier alpha value is -1.74. The molecule has 0 saturated heterocycles. The Labute approximate surface area is 154 Å². The Morgan fingerprint density at radius 1 is 0.958 bits per heavy atom. The minimum Gasteiger partial charge on any atom is -0.489 e. The van der Waals surface area contributed by atoms with Gasteiger partial charge in [-0.05, 0) is 41.1 Å². The predicted octanol–water partition coefficient (Wildman–Crippen LogP) is 5.60. The number of nitrogens with one attached hydrogen (secondary N) is 1. The van der Waals surface area contributed by atoms with Gasteiger partial charge in [0.2, 0.25) is 0 Å². The summed E-state index contributed by atoms with van der Waals surface area (Å²) in [5.41, 5.74) is 2.32. The molecule has 126 valence electrons. The summed E-state index contributed by atoms with van der Waals surface area (Å²) in [4.78, 5) is 0. The van der Waals surface area contributed by atoms with Crippen LogP contribution in [0.3, 0.4) is 0 Å². The first-order valence-corrected chi connectivity index (χ1v) is 8.24. The van der Waals surface area contributed by atoms with Gasteiger partial charge >= 0.3 is 0 Å². The zero-order valence-corrected chi connectivity index (χ0v) is 15.2. The molecular weight excluding hydrogens is 341 g/mol. The Kier molecular flexibility index (Phi) is 6.92. The van der Waals surface area contributed by atoms with Gasteiger partial charge in [0, 0.05) is 17.1 Å². The van der Waals surface area contributed by atoms with Gasteiger partial charge < -0.3 is 10.1 Å². The third kappa shape index (κ3) is 4.41. The van der Waals surface area contributed by atoms with Crippen LogP contribution in [-0.4, -0.2) is 6.54 Å². The molecule has 0 fully saturated rings. The van der Waals surface area contributed by atoms with Crippen molar-refractivity contribution in [3.05, 3.63) is 76.8 Å². The first kappa shape index (κ1) is 18.6. The van der Waals surface area contributed by atoms with Crippen LogP contribution in [0.4, 0.5) is 0 Å². The monoisotopic (exact) mass is 361 g/mol. The molecule has 0 unspecified atom stereocenters. The number of rotatable bonds is 6. The van der Waals surface area contributed by atoms with E-state index in [1.54, 1.807) is 0 Å². The van der Waals surface area contributed by atoms with Crippen molar-refractivity contribution in [2.75, 3.05) is 6.54 Å². The number of halogens is 2. The molecule has 2 nitrogen and oxygen atoms in total. The number of fused-ring (bicyclic) bond motifs is 1. The molecule has 3 aromatic carbocycles. The topological polar surface area (TPSA) is 21.3 Å². The molecule has 0 saturated carbocycles. The first-order valence-electron chi connectivity index (χ1n) is 7.86. The Morgan fingerprint density at radius 3 is 2.46 bits per heavy atom. The molecular formula is C20H21Cl2NO. The molecule has 4 heteroatoms. The molecule has 0 aromatic heterocycles. The van der Waals surface area contributed by atoms with Crippen LogP contribution in [-0.2, 0) is 13.2 Å². The van der Waals surface area contributed by atoms with Crippen molar-refractivity contribution in [3.63, 3.8) is 0 Å². The van der Waals surface area contributed by atoms with Gasteiger partial charge in [0.1, 0.15) is 12.4 Å². The summed E-state index contributed by atoms with van der Waals surface area (Å²) in [6.07, 6.45) is 0. The van der Waals surface area contributed by atoms with Crippen molar-refractivity contribution in [1.29, 1.82) is 0 Å². The van der Waals surface area contributed by atoms with Gasteiger partial charge in [-0.3, -0.25) is 0 Å². The van der Waals surface area contributed by atoms with Crippen LogP contribution in [0.1, 0.15) is 18.1 Å². The molecule has 1 N–H and O–H groups in total. The second-order valence-electron chi connectivity index (χ2n) is 5.46. The summed E-state index contributed by atoms with van der Waals surface area (Å²) in [6.45, 7) is 4.38. The van der Waals surface area contributed by atoms with Gasteiger partial charge in [-0.1, -0.05) is 61.0 Å². The van der Waals surface area contributed by atoms with E-state index in [-0.39, 0.29) is 12.4 Å². The second-order valence-corrected chi connectivity index (χ2v) is 5.90. The molecule has 0 aliphatic heterocycles. The molecule has 0 radical (unpaired) electrons.